The van der Waals surface area contributed by atoms with Crippen LogP contribution in [0.2, 0.25) is 5.02 Å². The molecule has 0 saturated carbocycles. The molecule has 0 amide bonds. The Morgan fingerprint density at radius 2 is 2.16 bits per heavy atom. The van der Waals surface area contributed by atoms with E-state index in [1.165, 1.54) is 0 Å². The predicted molar refractivity (Wildman–Crippen MR) is 82.1 cm³/mol. The van der Waals surface area contributed by atoms with Crippen LogP contribution >= 0.6 is 23.4 Å². The smallest absolute Gasteiger partial charge is 0.137 e. The quantitative estimate of drug-likeness (QED) is 0.770. The first kappa shape index (κ1) is 14.4. The summed E-state index contributed by atoms with van der Waals surface area (Å²) in [5.74, 6) is 2.81. The third-order valence-corrected chi connectivity index (χ3v) is 3.89. The summed E-state index contributed by atoms with van der Waals surface area (Å²) in [5, 5.41) is 13.6. The second-order valence-electron chi connectivity index (χ2n) is 4.00. The maximum absolute atomic E-state index is 8.68. The Morgan fingerprint density at radius 1 is 1.26 bits per heavy atom. The number of aromatic nitrogens is 2. The molecule has 2 N–H and O–H groups in total. The van der Waals surface area contributed by atoms with Crippen molar-refractivity contribution in [3.05, 3.63) is 29.5 Å². The number of nitrogens with one attached hydrogen (secondary N) is 1. The third-order valence-electron chi connectivity index (χ3n) is 2.58. The number of thioether (sulfide) groups is 1. The molecule has 0 aliphatic rings. The molecule has 0 radical (unpaired) electrons. The molecule has 0 bridgehead atoms. The van der Waals surface area contributed by atoms with Crippen LogP contribution in [0.1, 0.15) is 6.42 Å². The van der Waals surface area contributed by atoms with Gasteiger partial charge in [-0.15, -0.1) is 0 Å². The summed E-state index contributed by atoms with van der Waals surface area (Å²) in [5.41, 5.74) is 0.845. The average Bonchev–Trinajstić information content (AvgIpc) is 2.42. The van der Waals surface area contributed by atoms with Gasteiger partial charge < -0.3 is 10.4 Å². The molecule has 0 saturated heterocycles. The molecule has 1 aromatic carbocycles. The Labute approximate surface area is 121 Å². The van der Waals surface area contributed by atoms with Crippen LogP contribution < -0.4 is 5.32 Å². The van der Waals surface area contributed by atoms with E-state index in [-0.39, 0.29) is 6.61 Å². The number of nitrogens with zero attached hydrogens (tertiary/aromatic N) is 2. The van der Waals surface area contributed by atoms with E-state index in [1.807, 2.05) is 30.0 Å². The van der Waals surface area contributed by atoms with Crippen LogP contribution in [-0.2, 0) is 0 Å². The van der Waals surface area contributed by atoms with E-state index in [1.54, 1.807) is 6.33 Å². The zero-order chi connectivity index (χ0) is 13.5. The van der Waals surface area contributed by atoms with E-state index in [0.29, 0.717) is 5.02 Å². The SMILES string of the molecule is OCCCSCCNc1ncnc2cc(Cl)ccc12. The van der Waals surface area contributed by atoms with E-state index in [9.17, 15) is 0 Å². The van der Waals surface area contributed by atoms with Gasteiger partial charge in [0.05, 0.1) is 5.52 Å². The van der Waals surface area contributed by atoms with Gasteiger partial charge in [-0.25, -0.2) is 9.97 Å². The van der Waals surface area contributed by atoms with Crippen LogP contribution in [0.5, 0.6) is 0 Å². The lowest BCUT2D eigenvalue weighted by Crippen LogP contribution is -2.07. The maximum Gasteiger partial charge on any atom is 0.137 e. The lowest BCUT2D eigenvalue weighted by Gasteiger charge is -2.08. The molecule has 0 aliphatic heterocycles. The highest BCUT2D eigenvalue weighted by atomic mass is 35.5. The summed E-state index contributed by atoms with van der Waals surface area (Å²) >= 11 is 7.76. The third kappa shape index (κ3) is 4.23. The molecule has 2 rings (SSSR count). The van der Waals surface area contributed by atoms with Crippen molar-refractivity contribution in [2.75, 3.05) is 30.0 Å². The number of anilines is 1. The number of hydrogen-bond donors (Lipinski definition) is 2. The Balaban J connectivity index is 1.93. The van der Waals surface area contributed by atoms with Crippen LogP contribution in [0, 0.1) is 0 Å². The molecular weight excluding hydrogens is 282 g/mol. The van der Waals surface area contributed by atoms with Gasteiger partial charge in [-0.05, 0) is 30.4 Å². The molecule has 0 spiro atoms. The lowest BCUT2D eigenvalue weighted by atomic mass is 10.2. The van der Waals surface area contributed by atoms with Crippen molar-refractivity contribution in [2.24, 2.45) is 0 Å². The molecule has 1 aromatic heterocycles. The first-order valence-corrected chi connectivity index (χ1v) is 7.67. The fourth-order valence-corrected chi connectivity index (χ4v) is 2.63. The van der Waals surface area contributed by atoms with Crippen molar-refractivity contribution in [3.8, 4) is 0 Å². The van der Waals surface area contributed by atoms with Gasteiger partial charge in [0.1, 0.15) is 12.1 Å². The first-order chi connectivity index (χ1) is 9.31. The molecule has 1 heterocycles. The molecule has 4 nitrogen and oxygen atoms in total. The second-order valence-corrected chi connectivity index (χ2v) is 5.66. The molecular formula is C13H16ClN3OS. The minimum Gasteiger partial charge on any atom is -0.396 e. The first-order valence-electron chi connectivity index (χ1n) is 6.14. The summed E-state index contributed by atoms with van der Waals surface area (Å²) in [7, 11) is 0. The summed E-state index contributed by atoms with van der Waals surface area (Å²) in [6.07, 6.45) is 2.39. The van der Waals surface area contributed by atoms with E-state index < -0.39 is 0 Å². The van der Waals surface area contributed by atoms with Crippen molar-refractivity contribution in [1.29, 1.82) is 0 Å². The van der Waals surface area contributed by atoms with Crippen molar-refractivity contribution >= 4 is 40.1 Å². The summed E-state index contributed by atoms with van der Waals surface area (Å²) in [6.45, 7) is 1.10. The fourth-order valence-electron chi connectivity index (χ4n) is 1.68. The number of rotatable bonds is 7. The van der Waals surface area contributed by atoms with Gasteiger partial charge in [-0.2, -0.15) is 11.8 Å². The van der Waals surface area contributed by atoms with Gasteiger partial charge in [0, 0.05) is 29.3 Å². The Morgan fingerprint density at radius 3 is 3.00 bits per heavy atom. The maximum atomic E-state index is 8.68. The van der Waals surface area contributed by atoms with E-state index in [4.69, 9.17) is 16.7 Å². The van der Waals surface area contributed by atoms with Gasteiger partial charge in [-0.3, -0.25) is 0 Å². The second kappa shape index (κ2) is 7.53. The summed E-state index contributed by atoms with van der Waals surface area (Å²) in [6, 6.07) is 5.60. The Kier molecular flexibility index (Phi) is 5.69. The monoisotopic (exact) mass is 297 g/mol. The minimum absolute atomic E-state index is 0.262. The van der Waals surface area contributed by atoms with Crippen molar-refractivity contribution < 1.29 is 5.11 Å². The average molecular weight is 298 g/mol. The highest BCUT2D eigenvalue weighted by Crippen LogP contribution is 2.22. The van der Waals surface area contributed by atoms with Gasteiger partial charge in [-0.1, -0.05) is 11.6 Å². The predicted octanol–water partition coefficient (Wildman–Crippen LogP) is 2.81. The van der Waals surface area contributed by atoms with Crippen LogP contribution in [-0.4, -0.2) is 39.7 Å². The Bertz CT molecular complexity index is 538. The van der Waals surface area contributed by atoms with Crippen LogP contribution in [0.4, 0.5) is 5.82 Å². The van der Waals surface area contributed by atoms with Crippen molar-refractivity contribution in [3.63, 3.8) is 0 Å². The van der Waals surface area contributed by atoms with Crippen molar-refractivity contribution in [1.82, 2.24) is 9.97 Å². The molecule has 102 valence electrons. The summed E-state index contributed by atoms with van der Waals surface area (Å²) < 4.78 is 0. The molecule has 0 atom stereocenters. The zero-order valence-electron chi connectivity index (χ0n) is 10.5. The molecule has 2 aromatic rings. The number of fused-ring (bicyclic) bond motifs is 1. The summed E-state index contributed by atoms with van der Waals surface area (Å²) in [4.78, 5) is 8.46. The number of halogens is 1. The largest absolute Gasteiger partial charge is 0.396 e. The molecule has 0 fully saturated rings. The van der Waals surface area contributed by atoms with E-state index in [0.717, 1.165) is 41.2 Å². The molecule has 0 aliphatic carbocycles. The molecule has 19 heavy (non-hydrogen) atoms. The van der Waals surface area contributed by atoms with Gasteiger partial charge in [0.25, 0.3) is 0 Å². The van der Waals surface area contributed by atoms with E-state index in [2.05, 4.69) is 15.3 Å². The minimum atomic E-state index is 0.262. The van der Waals surface area contributed by atoms with Gasteiger partial charge >= 0.3 is 0 Å². The standard InChI is InChI=1S/C13H16ClN3OS/c14-10-2-3-11-12(8-10)16-9-17-13(11)15-4-7-19-6-1-5-18/h2-3,8-9,18H,1,4-7H2,(H,15,16,17). The number of aliphatic hydroxyl groups is 1. The van der Waals surface area contributed by atoms with Crippen LogP contribution in [0.25, 0.3) is 10.9 Å². The van der Waals surface area contributed by atoms with E-state index >= 15 is 0 Å². The molecule has 6 heteroatoms. The zero-order valence-corrected chi connectivity index (χ0v) is 12.0. The number of benzene rings is 1. The number of aliphatic hydroxyl groups excluding tert-OH is 1. The Hall–Kier alpha value is -1.04. The lowest BCUT2D eigenvalue weighted by molar-refractivity contribution is 0.296. The van der Waals surface area contributed by atoms with Gasteiger partial charge in [0.2, 0.25) is 0 Å². The molecule has 0 unspecified atom stereocenters. The highest BCUT2D eigenvalue weighted by molar-refractivity contribution is 7.99. The van der Waals surface area contributed by atoms with Gasteiger partial charge in [0.15, 0.2) is 0 Å². The van der Waals surface area contributed by atoms with Crippen LogP contribution in [0.15, 0.2) is 24.5 Å². The fraction of sp³-hybridized carbons (Fsp3) is 0.385. The van der Waals surface area contributed by atoms with Crippen LogP contribution in [0.3, 0.4) is 0 Å². The number of hydrogen-bond acceptors (Lipinski definition) is 5. The highest BCUT2D eigenvalue weighted by Gasteiger charge is 2.03. The normalized spacial score (nSPS) is 10.8. The van der Waals surface area contributed by atoms with Crippen molar-refractivity contribution in [2.45, 2.75) is 6.42 Å². The topological polar surface area (TPSA) is 58.0 Å².